The summed E-state index contributed by atoms with van der Waals surface area (Å²) in [6.45, 7) is 4.84. The number of hydrogen-bond acceptors (Lipinski definition) is 6. The molecule has 0 spiro atoms. The van der Waals surface area contributed by atoms with E-state index in [0.717, 1.165) is 16.8 Å². The van der Waals surface area contributed by atoms with Gasteiger partial charge < -0.3 is 15.5 Å². The number of carbonyl (C=O) groups excluding carboxylic acids is 2. The van der Waals surface area contributed by atoms with Crippen molar-refractivity contribution in [1.82, 2.24) is 20.1 Å². The Hall–Kier alpha value is -3.01. The van der Waals surface area contributed by atoms with E-state index in [2.05, 4.69) is 15.6 Å². The predicted octanol–water partition coefficient (Wildman–Crippen LogP) is 4.06. The summed E-state index contributed by atoms with van der Waals surface area (Å²) in [6.07, 6.45) is 0. The lowest BCUT2D eigenvalue weighted by Crippen LogP contribution is -2.51. The van der Waals surface area contributed by atoms with Gasteiger partial charge in [0.25, 0.3) is 5.91 Å². The van der Waals surface area contributed by atoms with Gasteiger partial charge >= 0.3 is 0 Å². The van der Waals surface area contributed by atoms with E-state index in [9.17, 15) is 14.0 Å². The van der Waals surface area contributed by atoms with Gasteiger partial charge in [0.15, 0.2) is 5.13 Å². The summed E-state index contributed by atoms with van der Waals surface area (Å²) >= 11 is 7.44. The van der Waals surface area contributed by atoms with E-state index in [0.29, 0.717) is 48.6 Å². The smallest absolute Gasteiger partial charge is 0.273 e. The molecular weight excluding hydrogens is 477 g/mol. The molecule has 1 aromatic heterocycles. The largest absolute Gasteiger partial charge is 0.351 e. The number of aryl methyl sites for hydroxylation is 1. The van der Waals surface area contributed by atoms with Crippen molar-refractivity contribution >= 4 is 45.6 Å². The van der Waals surface area contributed by atoms with E-state index >= 15 is 0 Å². The van der Waals surface area contributed by atoms with Gasteiger partial charge in [-0.1, -0.05) is 29.8 Å². The van der Waals surface area contributed by atoms with Crippen LogP contribution in [0.25, 0.3) is 0 Å². The maximum atomic E-state index is 13.0. The van der Waals surface area contributed by atoms with Gasteiger partial charge in [-0.2, -0.15) is 0 Å². The topological polar surface area (TPSA) is 77.6 Å². The quantitative estimate of drug-likeness (QED) is 0.510. The highest BCUT2D eigenvalue weighted by molar-refractivity contribution is 7.14. The number of nitrogens with one attached hydrogen (secondary N) is 2. The van der Waals surface area contributed by atoms with E-state index in [-0.39, 0.29) is 24.2 Å². The van der Waals surface area contributed by atoms with Crippen LogP contribution >= 0.6 is 22.9 Å². The maximum Gasteiger partial charge on any atom is 0.273 e. The number of piperazine rings is 1. The summed E-state index contributed by atoms with van der Waals surface area (Å²) < 4.78 is 13.0. The van der Waals surface area contributed by atoms with Crippen LogP contribution in [0.3, 0.4) is 0 Å². The number of anilines is 2. The normalized spacial score (nSPS) is 14.1. The average molecular weight is 502 g/mol. The minimum atomic E-state index is -0.302. The van der Waals surface area contributed by atoms with Crippen LogP contribution in [0, 0.1) is 12.7 Å². The molecular formula is C24H25ClFN5O2S. The van der Waals surface area contributed by atoms with Crippen molar-refractivity contribution in [3.05, 3.63) is 75.5 Å². The molecule has 1 fully saturated rings. The van der Waals surface area contributed by atoms with E-state index in [4.69, 9.17) is 11.6 Å². The fourth-order valence-corrected chi connectivity index (χ4v) is 4.48. The first-order valence-corrected chi connectivity index (χ1v) is 12.1. The molecule has 1 aliphatic rings. The molecule has 2 amide bonds. The molecule has 34 heavy (non-hydrogen) atoms. The third-order valence-corrected chi connectivity index (χ3v) is 6.59. The first kappa shape index (κ1) is 24.1. The summed E-state index contributed by atoms with van der Waals surface area (Å²) in [5, 5.41) is 9.08. The fraction of sp³-hybridized carbons (Fsp3) is 0.292. The summed E-state index contributed by atoms with van der Waals surface area (Å²) in [7, 11) is 0. The Labute approximate surface area is 206 Å². The number of amides is 2. The third-order valence-electron chi connectivity index (χ3n) is 5.59. The van der Waals surface area contributed by atoms with Crippen molar-refractivity contribution in [3.8, 4) is 0 Å². The van der Waals surface area contributed by atoms with E-state index in [1.807, 2.05) is 30.0 Å². The second-order valence-corrected chi connectivity index (χ2v) is 9.39. The first-order chi connectivity index (χ1) is 16.4. The number of carbonyl (C=O) groups is 2. The molecule has 2 N–H and O–H groups in total. The van der Waals surface area contributed by atoms with Crippen LogP contribution < -0.4 is 10.6 Å². The molecule has 3 aromatic rings. The lowest BCUT2D eigenvalue weighted by Gasteiger charge is -2.33. The molecule has 0 radical (unpaired) electrons. The molecule has 1 saturated heterocycles. The zero-order chi connectivity index (χ0) is 24.1. The highest BCUT2D eigenvalue weighted by Gasteiger charge is 2.25. The Balaban J connectivity index is 1.24. The zero-order valence-corrected chi connectivity index (χ0v) is 20.3. The number of nitrogens with zero attached hydrogens (tertiary/aromatic N) is 3. The molecule has 0 aliphatic carbocycles. The monoisotopic (exact) mass is 501 g/mol. The minimum Gasteiger partial charge on any atom is -0.351 e. The Morgan fingerprint density at radius 1 is 1.12 bits per heavy atom. The molecule has 0 atom stereocenters. The minimum absolute atomic E-state index is 0.101. The summed E-state index contributed by atoms with van der Waals surface area (Å²) in [6, 6.07) is 11.6. The molecule has 1 aliphatic heterocycles. The second-order valence-electron chi connectivity index (χ2n) is 8.09. The van der Waals surface area contributed by atoms with Crippen LogP contribution in [0.5, 0.6) is 0 Å². The number of benzene rings is 2. The van der Waals surface area contributed by atoms with Gasteiger partial charge in [-0.05, 0) is 42.3 Å². The van der Waals surface area contributed by atoms with Gasteiger partial charge in [0.05, 0.1) is 6.54 Å². The summed E-state index contributed by atoms with van der Waals surface area (Å²) in [5.74, 6) is -0.521. The molecule has 2 heterocycles. The Kier molecular flexibility index (Phi) is 7.77. The second kappa shape index (κ2) is 10.9. The standard InChI is InChI=1S/C24H25ClFN5O2S/c1-16-2-5-18(25)12-20(16)28-24-29-21(15-34-24)23(33)31-10-8-30(9-11-31)14-22(32)27-13-17-3-6-19(26)7-4-17/h2-7,12,15H,8-11,13-14H2,1H3,(H,27,32)(H,28,29). The van der Waals surface area contributed by atoms with Crippen LogP contribution in [0.1, 0.15) is 21.6 Å². The Morgan fingerprint density at radius 3 is 2.59 bits per heavy atom. The van der Waals surface area contributed by atoms with Crippen LogP contribution in [0.15, 0.2) is 47.8 Å². The molecule has 7 nitrogen and oxygen atoms in total. The van der Waals surface area contributed by atoms with Gasteiger partial charge in [0.1, 0.15) is 11.5 Å². The van der Waals surface area contributed by atoms with Gasteiger partial charge in [0, 0.05) is 48.8 Å². The van der Waals surface area contributed by atoms with Gasteiger partial charge in [-0.15, -0.1) is 11.3 Å². The van der Waals surface area contributed by atoms with Crippen molar-refractivity contribution in [2.24, 2.45) is 0 Å². The lowest BCUT2D eigenvalue weighted by molar-refractivity contribution is -0.122. The number of thiazole rings is 1. The van der Waals surface area contributed by atoms with Crippen LogP contribution in [0.2, 0.25) is 5.02 Å². The van der Waals surface area contributed by atoms with Gasteiger partial charge in [-0.25, -0.2) is 9.37 Å². The summed E-state index contributed by atoms with van der Waals surface area (Å²) in [5.41, 5.74) is 3.13. The lowest BCUT2D eigenvalue weighted by atomic mass is 10.2. The fourth-order valence-electron chi connectivity index (χ4n) is 3.61. The molecule has 0 saturated carbocycles. The predicted molar refractivity (Wildman–Crippen MR) is 132 cm³/mol. The first-order valence-electron chi connectivity index (χ1n) is 10.9. The van der Waals surface area contributed by atoms with Crippen LogP contribution in [-0.2, 0) is 11.3 Å². The van der Waals surface area contributed by atoms with Gasteiger partial charge in [-0.3, -0.25) is 14.5 Å². The molecule has 2 aromatic carbocycles. The van der Waals surface area contributed by atoms with Crippen molar-refractivity contribution in [3.63, 3.8) is 0 Å². The third kappa shape index (κ3) is 6.31. The van der Waals surface area contributed by atoms with Crippen molar-refractivity contribution < 1.29 is 14.0 Å². The zero-order valence-electron chi connectivity index (χ0n) is 18.7. The highest BCUT2D eigenvalue weighted by Crippen LogP contribution is 2.26. The summed E-state index contributed by atoms with van der Waals surface area (Å²) in [4.78, 5) is 33.4. The highest BCUT2D eigenvalue weighted by atomic mass is 35.5. The Bertz CT molecular complexity index is 1160. The van der Waals surface area contributed by atoms with E-state index in [1.165, 1.54) is 23.5 Å². The molecule has 0 bridgehead atoms. The van der Waals surface area contributed by atoms with Crippen LogP contribution in [-0.4, -0.2) is 59.3 Å². The molecule has 4 rings (SSSR count). The van der Waals surface area contributed by atoms with E-state index in [1.54, 1.807) is 22.4 Å². The van der Waals surface area contributed by atoms with Crippen molar-refractivity contribution in [2.75, 3.05) is 38.0 Å². The molecule has 10 heteroatoms. The average Bonchev–Trinajstić information content (AvgIpc) is 3.30. The maximum absolute atomic E-state index is 13.0. The van der Waals surface area contributed by atoms with Crippen LogP contribution in [0.4, 0.5) is 15.2 Å². The SMILES string of the molecule is Cc1ccc(Cl)cc1Nc1nc(C(=O)N2CCN(CC(=O)NCc3ccc(F)cc3)CC2)cs1. The number of rotatable bonds is 7. The number of hydrogen-bond donors (Lipinski definition) is 2. The van der Waals surface area contributed by atoms with Crippen molar-refractivity contribution in [2.45, 2.75) is 13.5 Å². The van der Waals surface area contributed by atoms with Gasteiger partial charge in [0.2, 0.25) is 5.91 Å². The number of halogens is 2. The molecule has 0 unspecified atom stereocenters. The van der Waals surface area contributed by atoms with Crippen molar-refractivity contribution in [1.29, 1.82) is 0 Å². The Morgan fingerprint density at radius 2 is 1.85 bits per heavy atom. The van der Waals surface area contributed by atoms with E-state index < -0.39 is 0 Å². The number of aromatic nitrogens is 1. The molecule has 178 valence electrons.